The second-order valence-electron chi connectivity index (χ2n) is 5.54. The molecule has 0 spiro atoms. The highest BCUT2D eigenvalue weighted by Crippen LogP contribution is 2.22. The van der Waals surface area contributed by atoms with Gasteiger partial charge >= 0.3 is 0 Å². The average molecular weight is 317 g/mol. The second kappa shape index (κ2) is 7.32. The molecule has 2 aromatic rings. The molecule has 116 valence electrons. The van der Waals surface area contributed by atoms with E-state index in [1.807, 2.05) is 18.2 Å². The zero-order valence-corrected chi connectivity index (χ0v) is 13.5. The molecule has 0 unspecified atom stereocenters. The van der Waals surface area contributed by atoms with Crippen LogP contribution in [-0.2, 0) is 12.8 Å². The Bertz CT molecular complexity index is 670. The number of hydrogen-bond acceptors (Lipinski definition) is 2. The topological polar surface area (TPSA) is 41.1 Å². The van der Waals surface area contributed by atoms with Crippen LogP contribution in [0.25, 0.3) is 0 Å². The lowest BCUT2D eigenvalue weighted by atomic mass is 10.1. The first-order valence-electron chi connectivity index (χ1n) is 7.43. The van der Waals surface area contributed by atoms with Crippen molar-refractivity contribution in [3.63, 3.8) is 0 Å². The van der Waals surface area contributed by atoms with Crippen molar-refractivity contribution in [3.8, 4) is 0 Å². The van der Waals surface area contributed by atoms with Gasteiger partial charge in [0, 0.05) is 24.3 Å². The van der Waals surface area contributed by atoms with E-state index in [1.54, 1.807) is 0 Å². The number of benzene rings is 2. The third-order valence-electron chi connectivity index (χ3n) is 3.86. The summed E-state index contributed by atoms with van der Waals surface area (Å²) in [5, 5.41) is 6.30. The van der Waals surface area contributed by atoms with Gasteiger partial charge in [0.25, 0.3) is 5.91 Å². The smallest absolute Gasteiger partial charge is 0.251 e. The molecule has 2 N–H and O–H groups in total. The van der Waals surface area contributed by atoms with Crippen LogP contribution in [0.4, 0.5) is 5.69 Å². The van der Waals surface area contributed by atoms with Crippen LogP contribution in [0.15, 0.2) is 42.5 Å². The number of nitrogens with one attached hydrogen (secondary N) is 2. The highest BCUT2D eigenvalue weighted by atomic mass is 35.5. The number of aryl methyl sites for hydroxylation is 1. The lowest BCUT2D eigenvalue weighted by molar-refractivity contribution is 0.0954. The molecule has 0 aliphatic carbocycles. The van der Waals surface area contributed by atoms with Gasteiger partial charge in [0.1, 0.15) is 0 Å². The minimum Gasteiger partial charge on any atom is -0.384 e. The Balaban J connectivity index is 0.00000176. The Kier molecular flexibility index (Phi) is 5.45. The van der Waals surface area contributed by atoms with Crippen LogP contribution < -0.4 is 10.6 Å². The van der Waals surface area contributed by atoms with Gasteiger partial charge in [-0.3, -0.25) is 4.79 Å². The van der Waals surface area contributed by atoms with Crippen LogP contribution in [0.2, 0.25) is 0 Å². The van der Waals surface area contributed by atoms with Gasteiger partial charge in [0.15, 0.2) is 0 Å². The molecule has 0 atom stereocenters. The predicted octanol–water partition coefficient (Wildman–Crippen LogP) is 3.36. The van der Waals surface area contributed by atoms with Crippen molar-refractivity contribution >= 4 is 24.0 Å². The quantitative estimate of drug-likeness (QED) is 0.908. The summed E-state index contributed by atoms with van der Waals surface area (Å²) in [5.74, 6) is 0.0114. The summed E-state index contributed by atoms with van der Waals surface area (Å²) in [4.78, 5) is 12.2. The van der Waals surface area contributed by atoms with Crippen LogP contribution in [0.5, 0.6) is 0 Å². The summed E-state index contributed by atoms with van der Waals surface area (Å²) in [6.07, 6.45) is 1.86. The van der Waals surface area contributed by atoms with Gasteiger partial charge in [0.2, 0.25) is 0 Å². The molecule has 0 radical (unpaired) electrons. The van der Waals surface area contributed by atoms with E-state index in [-0.39, 0.29) is 18.3 Å². The van der Waals surface area contributed by atoms with Crippen LogP contribution in [0.1, 0.15) is 27.0 Å². The van der Waals surface area contributed by atoms with Gasteiger partial charge in [-0.25, -0.2) is 0 Å². The third kappa shape index (κ3) is 3.80. The van der Waals surface area contributed by atoms with E-state index in [0.29, 0.717) is 6.54 Å². The molecule has 0 saturated heterocycles. The number of carbonyl (C=O) groups excluding carboxylic acids is 1. The first kappa shape index (κ1) is 16.4. The molecular weight excluding hydrogens is 296 g/mol. The number of halogens is 1. The molecular formula is C18H21ClN2O. The average Bonchev–Trinajstić information content (AvgIpc) is 2.94. The minimum absolute atomic E-state index is 0. The molecule has 0 saturated carbocycles. The molecule has 3 nitrogen and oxygen atoms in total. The third-order valence-corrected chi connectivity index (χ3v) is 3.86. The predicted molar refractivity (Wildman–Crippen MR) is 93.1 cm³/mol. The van der Waals surface area contributed by atoms with Gasteiger partial charge < -0.3 is 10.6 Å². The Labute approximate surface area is 137 Å². The first-order chi connectivity index (χ1) is 10.2. The molecule has 22 heavy (non-hydrogen) atoms. The molecule has 3 rings (SSSR count). The summed E-state index contributed by atoms with van der Waals surface area (Å²) in [6, 6.07) is 14.3. The molecule has 0 fully saturated rings. The fourth-order valence-electron chi connectivity index (χ4n) is 2.74. The van der Waals surface area contributed by atoms with E-state index < -0.39 is 0 Å². The van der Waals surface area contributed by atoms with Crippen molar-refractivity contribution in [1.29, 1.82) is 0 Å². The Morgan fingerprint density at radius 2 is 2.09 bits per heavy atom. The second-order valence-corrected chi connectivity index (χ2v) is 5.54. The van der Waals surface area contributed by atoms with Crippen molar-refractivity contribution in [2.24, 2.45) is 0 Å². The maximum atomic E-state index is 12.2. The van der Waals surface area contributed by atoms with Crippen LogP contribution in [0, 0.1) is 6.92 Å². The van der Waals surface area contributed by atoms with Gasteiger partial charge in [-0.2, -0.15) is 0 Å². The number of fused-ring (bicyclic) bond motifs is 1. The lowest BCUT2D eigenvalue weighted by Gasteiger charge is -2.07. The largest absolute Gasteiger partial charge is 0.384 e. The highest BCUT2D eigenvalue weighted by molar-refractivity contribution is 5.95. The van der Waals surface area contributed by atoms with E-state index in [0.717, 1.165) is 30.6 Å². The molecule has 1 amide bonds. The summed E-state index contributed by atoms with van der Waals surface area (Å²) >= 11 is 0. The zero-order chi connectivity index (χ0) is 14.7. The van der Waals surface area contributed by atoms with Crippen LogP contribution in [0.3, 0.4) is 0 Å². The van der Waals surface area contributed by atoms with Gasteiger partial charge in [0.05, 0.1) is 0 Å². The summed E-state index contributed by atoms with van der Waals surface area (Å²) in [6.45, 7) is 3.71. The van der Waals surface area contributed by atoms with Crippen molar-refractivity contribution in [1.82, 2.24) is 5.32 Å². The number of amides is 1. The zero-order valence-electron chi connectivity index (χ0n) is 12.7. The Morgan fingerprint density at radius 3 is 2.91 bits per heavy atom. The lowest BCUT2D eigenvalue weighted by Crippen LogP contribution is -2.25. The van der Waals surface area contributed by atoms with Crippen LogP contribution in [-0.4, -0.2) is 19.0 Å². The molecule has 1 aliphatic rings. The van der Waals surface area contributed by atoms with Crippen molar-refractivity contribution < 1.29 is 4.79 Å². The first-order valence-corrected chi connectivity index (χ1v) is 7.43. The van der Waals surface area contributed by atoms with Crippen LogP contribution >= 0.6 is 12.4 Å². The fraction of sp³-hybridized carbons (Fsp3) is 0.278. The van der Waals surface area contributed by atoms with E-state index in [9.17, 15) is 4.79 Å². The monoisotopic (exact) mass is 316 g/mol. The molecule has 0 aromatic heterocycles. The Hall–Kier alpha value is -2.00. The standard InChI is InChI=1S/C18H20N2O.ClH/c1-13-3-2-4-14(11-13)7-9-20-18(21)16-5-6-17-15(12-16)8-10-19-17;/h2-6,11-12,19H,7-10H2,1H3,(H,20,21);1H. The van der Waals surface area contributed by atoms with E-state index in [4.69, 9.17) is 0 Å². The number of carbonyl (C=O) groups is 1. The minimum atomic E-state index is 0. The van der Waals surface area contributed by atoms with Crippen molar-refractivity contribution in [2.45, 2.75) is 19.8 Å². The van der Waals surface area contributed by atoms with Crippen molar-refractivity contribution in [3.05, 3.63) is 64.7 Å². The molecule has 2 aromatic carbocycles. The fourth-order valence-corrected chi connectivity index (χ4v) is 2.74. The van der Waals surface area contributed by atoms with E-state index in [2.05, 4.69) is 41.8 Å². The van der Waals surface area contributed by atoms with Gasteiger partial charge in [-0.05, 0) is 49.1 Å². The molecule has 4 heteroatoms. The summed E-state index contributed by atoms with van der Waals surface area (Å²) in [5.41, 5.74) is 5.66. The molecule has 0 bridgehead atoms. The van der Waals surface area contributed by atoms with E-state index >= 15 is 0 Å². The number of rotatable bonds is 4. The molecule has 1 aliphatic heterocycles. The summed E-state index contributed by atoms with van der Waals surface area (Å²) < 4.78 is 0. The maximum absolute atomic E-state index is 12.2. The summed E-state index contributed by atoms with van der Waals surface area (Å²) in [7, 11) is 0. The number of hydrogen-bond donors (Lipinski definition) is 2. The normalized spacial score (nSPS) is 12.0. The SMILES string of the molecule is Cc1cccc(CCNC(=O)c2ccc3c(c2)CCN3)c1.Cl. The maximum Gasteiger partial charge on any atom is 0.251 e. The van der Waals surface area contributed by atoms with Crippen molar-refractivity contribution in [2.75, 3.05) is 18.4 Å². The molecule has 1 heterocycles. The van der Waals surface area contributed by atoms with E-state index in [1.165, 1.54) is 16.7 Å². The highest BCUT2D eigenvalue weighted by Gasteiger charge is 2.13. The van der Waals surface area contributed by atoms with Gasteiger partial charge in [-0.15, -0.1) is 12.4 Å². The Morgan fingerprint density at radius 1 is 1.23 bits per heavy atom. The van der Waals surface area contributed by atoms with Gasteiger partial charge in [-0.1, -0.05) is 29.8 Å². The number of anilines is 1.